The van der Waals surface area contributed by atoms with Crippen molar-refractivity contribution in [3.05, 3.63) is 69.2 Å². The largest absolute Gasteiger partial charge is 0.322 e. The molecule has 21 heavy (non-hydrogen) atoms. The maximum Gasteiger partial charge on any atom is 0.248 e. The fraction of sp³-hybridized carbons (Fsp3) is 0.118. The molecule has 2 rings (SSSR count). The lowest BCUT2D eigenvalue weighted by Gasteiger charge is -2.07. The molecule has 2 nitrogen and oxygen atoms in total. The van der Waals surface area contributed by atoms with Crippen LogP contribution in [0.1, 0.15) is 16.7 Å². The summed E-state index contributed by atoms with van der Waals surface area (Å²) in [6.07, 6.45) is 3.12. The minimum atomic E-state index is -0.201. The normalized spacial score (nSPS) is 10.9. The zero-order chi connectivity index (χ0) is 15.4. The number of halogens is 2. The number of aryl methyl sites for hydroxylation is 2. The molecule has 0 radical (unpaired) electrons. The Hall–Kier alpha value is -1.77. The average Bonchev–Trinajstić information content (AvgIpc) is 2.41. The second kappa shape index (κ2) is 6.79. The molecule has 0 fully saturated rings. The van der Waals surface area contributed by atoms with Crippen LogP contribution in [0.15, 0.2) is 42.5 Å². The highest BCUT2D eigenvalue weighted by molar-refractivity contribution is 6.35. The van der Waals surface area contributed by atoms with Gasteiger partial charge in [0.1, 0.15) is 0 Å². The maximum absolute atomic E-state index is 11.9. The predicted octanol–water partition coefficient (Wildman–Crippen LogP) is 5.26. The van der Waals surface area contributed by atoms with Crippen molar-refractivity contribution in [1.82, 2.24) is 0 Å². The lowest BCUT2D eigenvalue weighted by atomic mass is 10.1. The molecule has 0 bridgehead atoms. The molecule has 0 atom stereocenters. The second-order valence-corrected chi connectivity index (χ2v) is 5.65. The zero-order valence-corrected chi connectivity index (χ0v) is 13.3. The number of carbonyl (C=O) groups is 1. The Morgan fingerprint density at radius 2 is 1.86 bits per heavy atom. The molecule has 0 unspecified atom stereocenters. The van der Waals surface area contributed by atoms with Crippen LogP contribution in [-0.4, -0.2) is 5.91 Å². The van der Waals surface area contributed by atoms with Crippen LogP contribution in [0.5, 0.6) is 0 Å². The Balaban J connectivity index is 2.09. The van der Waals surface area contributed by atoms with Crippen LogP contribution in [0.2, 0.25) is 10.0 Å². The van der Waals surface area contributed by atoms with Gasteiger partial charge in [0.2, 0.25) is 5.91 Å². The summed E-state index contributed by atoms with van der Waals surface area (Å²) in [5.41, 5.74) is 3.74. The van der Waals surface area contributed by atoms with E-state index >= 15 is 0 Å². The number of rotatable bonds is 3. The van der Waals surface area contributed by atoms with Gasteiger partial charge in [-0.1, -0.05) is 47.0 Å². The first kappa shape index (κ1) is 15.6. The summed E-state index contributed by atoms with van der Waals surface area (Å²) >= 11 is 11.9. The number of carbonyl (C=O) groups excluding carboxylic acids is 1. The number of nitrogens with one attached hydrogen (secondary N) is 1. The summed E-state index contributed by atoms with van der Waals surface area (Å²) in [6, 6.07) is 11.0. The molecule has 2 aromatic carbocycles. The topological polar surface area (TPSA) is 29.1 Å². The lowest BCUT2D eigenvalue weighted by Crippen LogP contribution is -2.08. The van der Waals surface area contributed by atoms with Gasteiger partial charge >= 0.3 is 0 Å². The van der Waals surface area contributed by atoms with Crippen LogP contribution < -0.4 is 5.32 Å². The summed E-state index contributed by atoms with van der Waals surface area (Å²) in [6.45, 7) is 3.98. The van der Waals surface area contributed by atoms with Gasteiger partial charge in [-0.15, -0.1) is 0 Å². The van der Waals surface area contributed by atoms with E-state index in [1.54, 1.807) is 24.3 Å². The SMILES string of the molecule is Cc1ccc(NC(=O)/C=C/c2ccc(Cl)cc2Cl)c(C)c1. The van der Waals surface area contributed by atoms with Crippen LogP contribution in [0, 0.1) is 13.8 Å². The Morgan fingerprint density at radius 1 is 1.10 bits per heavy atom. The molecule has 0 aliphatic carbocycles. The quantitative estimate of drug-likeness (QED) is 0.768. The average molecular weight is 320 g/mol. The molecular weight excluding hydrogens is 305 g/mol. The first-order chi connectivity index (χ1) is 9.95. The Kier molecular flexibility index (Phi) is 5.05. The molecule has 0 saturated carbocycles. The van der Waals surface area contributed by atoms with Crippen LogP contribution in [0.4, 0.5) is 5.69 Å². The van der Waals surface area contributed by atoms with Crippen molar-refractivity contribution in [2.24, 2.45) is 0 Å². The third-order valence-electron chi connectivity index (χ3n) is 3.02. The van der Waals surface area contributed by atoms with Gasteiger partial charge in [-0.3, -0.25) is 4.79 Å². The Bertz CT molecular complexity index is 708. The van der Waals surface area contributed by atoms with Crippen LogP contribution in [0.25, 0.3) is 6.08 Å². The monoisotopic (exact) mass is 319 g/mol. The van der Waals surface area contributed by atoms with Crippen molar-refractivity contribution >= 4 is 40.9 Å². The Labute approximate surface area is 134 Å². The van der Waals surface area contributed by atoms with Crippen molar-refractivity contribution < 1.29 is 4.79 Å². The van der Waals surface area contributed by atoms with Gasteiger partial charge in [-0.2, -0.15) is 0 Å². The van der Waals surface area contributed by atoms with Gasteiger partial charge in [0.25, 0.3) is 0 Å². The number of hydrogen-bond acceptors (Lipinski definition) is 1. The minimum Gasteiger partial charge on any atom is -0.322 e. The molecule has 0 aromatic heterocycles. The molecule has 1 N–H and O–H groups in total. The van der Waals surface area contributed by atoms with E-state index in [9.17, 15) is 4.79 Å². The number of benzene rings is 2. The molecule has 1 amide bonds. The summed E-state index contributed by atoms with van der Waals surface area (Å²) in [5.74, 6) is -0.201. The van der Waals surface area contributed by atoms with E-state index in [-0.39, 0.29) is 5.91 Å². The van der Waals surface area contributed by atoms with Crippen molar-refractivity contribution in [3.63, 3.8) is 0 Å². The first-order valence-corrected chi connectivity index (χ1v) is 7.22. The summed E-state index contributed by atoms with van der Waals surface area (Å²) in [7, 11) is 0. The molecule has 108 valence electrons. The fourth-order valence-corrected chi connectivity index (χ4v) is 2.40. The van der Waals surface area contributed by atoms with Gasteiger partial charge in [0.15, 0.2) is 0 Å². The third-order valence-corrected chi connectivity index (χ3v) is 3.58. The van der Waals surface area contributed by atoms with Gasteiger partial charge < -0.3 is 5.32 Å². The molecule has 2 aromatic rings. The van der Waals surface area contributed by atoms with Gasteiger partial charge in [0.05, 0.1) is 0 Å². The van der Waals surface area contributed by atoms with E-state index in [4.69, 9.17) is 23.2 Å². The third kappa shape index (κ3) is 4.35. The van der Waals surface area contributed by atoms with E-state index in [1.165, 1.54) is 6.08 Å². The second-order valence-electron chi connectivity index (χ2n) is 4.81. The smallest absolute Gasteiger partial charge is 0.248 e. The lowest BCUT2D eigenvalue weighted by molar-refractivity contribution is -0.111. The van der Waals surface area contributed by atoms with Crippen molar-refractivity contribution in [3.8, 4) is 0 Å². The zero-order valence-electron chi connectivity index (χ0n) is 11.8. The van der Waals surface area contributed by atoms with Gasteiger partial charge in [0, 0.05) is 21.8 Å². The fourth-order valence-electron chi connectivity index (χ4n) is 1.93. The van der Waals surface area contributed by atoms with Gasteiger partial charge in [-0.25, -0.2) is 0 Å². The predicted molar refractivity (Wildman–Crippen MR) is 90.0 cm³/mol. The molecule has 0 heterocycles. The maximum atomic E-state index is 11.9. The highest BCUT2D eigenvalue weighted by atomic mass is 35.5. The molecule has 0 saturated heterocycles. The number of anilines is 1. The summed E-state index contributed by atoms with van der Waals surface area (Å²) in [4.78, 5) is 11.9. The molecule has 4 heteroatoms. The van der Waals surface area contributed by atoms with E-state index in [2.05, 4.69) is 5.32 Å². The van der Waals surface area contributed by atoms with Crippen molar-refractivity contribution in [2.45, 2.75) is 13.8 Å². The molecule has 0 aliphatic rings. The number of amides is 1. The van der Waals surface area contributed by atoms with Crippen molar-refractivity contribution in [2.75, 3.05) is 5.32 Å². The summed E-state index contributed by atoms with van der Waals surface area (Å²) in [5, 5.41) is 3.92. The minimum absolute atomic E-state index is 0.201. The standard InChI is InChI=1S/C17H15Cl2NO/c1-11-3-7-16(12(2)9-11)20-17(21)8-5-13-4-6-14(18)10-15(13)19/h3-10H,1-2H3,(H,20,21)/b8-5+. The molecule has 0 spiro atoms. The van der Waals surface area contributed by atoms with E-state index in [1.807, 2.05) is 32.0 Å². The van der Waals surface area contributed by atoms with Crippen LogP contribution >= 0.6 is 23.2 Å². The van der Waals surface area contributed by atoms with Gasteiger partial charge in [-0.05, 0) is 49.2 Å². The van der Waals surface area contributed by atoms with Crippen molar-refractivity contribution in [1.29, 1.82) is 0 Å². The van der Waals surface area contributed by atoms with Crippen LogP contribution in [-0.2, 0) is 4.79 Å². The van der Waals surface area contributed by atoms with E-state index < -0.39 is 0 Å². The Morgan fingerprint density at radius 3 is 2.52 bits per heavy atom. The number of hydrogen-bond donors (Lipinski definition) is 1. The highest BCUT2D eigenvalue weighted by Gasteiger charge is 2.03. The van der Waals surface area contributed by atoms with E-state index in [0.717, 1.165) is 22.4 Å². The van der Waals surface area contributed by atoms with Crippen LogP contribution in [0.3, 0.4) is 0 Å². The highest BCUT2D eigenvalue weighted by Crippen LogP contribution is 2.22. The molecule has 0 aliphatic heterocycles. The first-order valence-electron chi connectivity index (χ1n) is 6.47. The van der Waals surface area contributed by atoms with E-state index in [0.29, 0.717) is 10.0 Å². The molecular formula is C17H15Cl2NO. The summed E-state index contributed by atoms with van der Waals surface area (Å²) < 4.78 is 0.